The molecule has 5 unspecified atom stereocenters. The van der Waals surface area contributed by atoms with Gasteiger partial charge >= 0.3 is 35.0 Å². The van der Waals surface area contributed by atoms with Crippen LogP contribution < -0.4 is 20.8 Å². The Morgan fingerprint density at radius 3 is 2.22 bits per heavy atom. The zero-order valence-corrected chi connectivity index (χ0v) is 42.4. The van der Waals surface area contributed by atoms with E-state index in [0.717, 1.165) is 47.8 Å². The smallest absolute Gasteiger partial charge is 0.877 e. The first-order valence-electron chi connectivity index (χ1n) is 23.8. The van der Waals surface area contributed by atoms with Crippen molar-refractivity contribution in [2.45, 2.75) is 146 Å². The van der Waals surface area contributed by atoms with E-state index in [4.69, 9.17) is 29.4 Å². The summed E-state index contributed by atoms with van der Waals surface area (Å²) in [6.45, 7) is 21.5. The molecule has 8 bridgehead atoms. The Morgan fingerprint density at radius 2 is 1.57 bits per heavy atom. The van der Waals surface area contributed by atoms with Crippen LogP contribution >= 0.6 is 0 Å². The summed E-state index contributed by atoms with van der Waals surface area (Å²) in [6, 6.07) is 0. The van der Waals surface area contributed by atoms with Gasteiger partial charge in [0.25, 0.3) is 0 Å². The van der Waals surface area contributed by atoms with Crippen molar-refractivity contribution in [2.24, 2.45) is 50.5 Å². The molecule has 0 saturated heterocycles. The minimum atomic E-state index is -1.25. The third-order valence-electron chi connectivity index (χ3n) is 14.1. The van der Waals surface area contributed by atoms with Crippen molar-refractivity contribution < 1.29 is 29.0 Å². The van der Waals surface area contributed by atoms with Gasteiger partial charge in [-0.15, -0.1) is 17.0 Å². The van der Waals surface area contributed by atoms with Crippen molar-refractivity contribution in [3.8, 4) is 0 Å². The second-order valence-corrected chi connectivity index (χ2v) is 19.3. The SMILES string of the molecule is CCC1=C(C)C2=CC3=NC(=C(C)/C3=C\[O-])C=C3N=C(C4=c5[n-]c(c(C)c5C(=O)C4C(=O)OC)=CC1=N2)C(CCC(=O)OC/C=C(\C)CCCC(C)CCCC(C)CCCC(C)C)C3C.[Mg+2]. The van der Waals surface area contributed by atoms with Crippen molar-refractivity contribution >= 4 is 69.6 Å². The Morgan fingerprint density at radius 1 is 0.892 bits per heavy atom. The largest absolute Gasteiger partial charge is 2.00 e. The van der Waals surface area contributed by atoms with Gasteiger partial charge in [-0.2, -0.15) is 0 Å². The van der Waals surface area contributed by atoms with E-state index >= 15 is 0 Å². The maximum Gasteiger partial charge on any atom is 2.00 e. The monoisotopic (exact) mass is 895 g/mol. The number of carbonyl (C=O) groups excluding carboxylic acids is 3. The van der Waals surface area contributed by atoms with Gasteiger partial charge in [-0.1, -0.05) is 104 Å². The van der Waals surface area contributed by atoms with Crippen LogP contribution in [0.1, 0.15) is 155 Å². The Bertz CT molecular complexity index is 2450. The third kappa shape index (κ3) is 11.6. The van der Waals surface area contributed by atoms with Crippen molar-refractivity contribution in [3.05, 3.63) is 91.3 Å². The van der Waals surface area contributed by atoms with Gasteiger partial charge in [-0.05, 0) is 117 Å². The second kappa shape index (κ2) is 22.9. The number of ketones is 1. The molecule has 0 fully saturated rings. The van der Waals surface area contributed by atoms with Gasteiger partial charge in [-0.25, -0.2) is 9.98 Å². The molecule has 0 radical (unpaired) electrons. The molecule has 5 heterocycles. The number of Topliss-reactive ketones (excluding diaryl/α,β-unsaturated/α-hetero) is 1. The van der Waals surface area contributed by atoms with Gasteiger partial charge in [-0.3, -0.25) is 19.4 Å². The van der Waals surface area contributed by atoms with Gasteiger partial charge in [0, 0.05) is 35.2 Å². The van der Waals surface area contributed by atoms with Crippen LogP contribution in [-0.4, -0.2) is 71.6 Å². The topological polar surface area (TPSA) is 144 Å². The number of ether oxygens (including phenoxy) is 2. The van der Waals surface area contributed by atoms with Crippen molar-refractivity contribution in [1.29, 1.82) is 0 Å². The van der Waals surface area contributed by atoms with E-state index in [1.54, 1.807) is 0 Å². The van der Waals surface area contributed by atoms with E-state index < -0.39 is 11.9 Å². The molecule has 6 rings (SSSR count). The predicted molar refractivity (Wildman–Crippen MR) is 261 cm³/mol. The molecular formula is C54H70MgN4O6. The molecule has 5 aliphatic rings. The number of aliphatic imine (C=N–C) groups is 3. The first-order valence-corrected chi connectivity index (χ1v) is 23.8. The molecule has 1 aromatic rings. The van der Waals surface area contributed by atoms with E-state index in [9.17, 15) is 19.5 Å². The standard InChI is InChI=1S/C54H72N4O6.Mg/c1-12-38-34(7)42-27-46-40(29-59)36(9)41(56-46)26-43-35(8)39(51(57-43)49-50(54(62)63-11)53(61)48-37(10)44(58-52(48)49)28-45(38)55-42)22-23-47(60)64-25-24-33(6)21-15-20-32(5)19-14-18-31(4)17-13-16-30(2)3;/h24,26-32,35,39,50H,12-23,25H2,1-11H3,(H2,55,56,57,58,59,61);/q;+2/p-2/b33-24+;. The number of hydrogen-bond donors (Lipinski definition) is 0. The molecule has 65 heavy (non-hydrogen) atoms. The molecule has 4 aliphatic heterocycles. The number of fused-ring (bicyclic) bond motifs is 5. The van der Waals surface area contributed by atoms with Crippen LogP contribution in [0.3, 0.4) is 0 Å². The predicted octanol–water partition coefficient (Wildman–Crippen LogP) is 8.84. The van der Waals surface area contributed by atoms with Gasteiger partial charge in [0.1, 0.15) is 12.5 Å². The number of carbonyl (C=O) groups is 3. The summed E-state index contributed by atoms with van der Waals surface area (Å²) in [5.41, 5.74) is 9.57. The van der Waals surface area contributed by atoms with E-state index in [0.29, 0.717) is 85.8 Å². The first kappa shape index (κ1) is 51.6. The normalized spacial score (nSPS) is 21.8. The molecule has 10 nitrogen and oxygen atoms in total. The number of nitrogens with zero attached hydrogens (tertiary/aromatic N) is 4. The fourth-order valence-corrected chi connectivity index (χ4v) is 9.97. The summed E-state index contributed by atoms with van der Waals surface area (Å²) >= 11 is 0. The zero-order chi connectivity index (χ0) is 46.4. The molecule has 0 amide bonds. The Hall–Kier alpha value is -4.35. The van der Waals surface area contributed by atoms with Crippen molar-refractivity contribution in [2.75, 3.05) is 13.7 Å². The molecule has 344 valence electrons. The fourth-order valence-electron chi connectivity index (χ4n) is 9.97. The molecule has 0 N–H and O–H groups in total. The maximum atomic E-state index is 14.3. The summed E-state index contributed by atoms with van der Waals surface area (Å²) in [5, 5.41) is 13.5. The Labute approximate surface area is 403 Å². The van der Waals surface area contributed by atoms with Crippen molar-refractivity contribution in [3.63, 3.8) is 0 Å². The number of hydrogen-bond acceptors (Lipinski definition) is 9. The average molecular weight is 895 g/mol. The van der Waals surface area contributed by atoms with Crippen LogP contribution in [0.5, 0.6) is 0 Å². The van der Waals surface area contributed by atoms with Gasteiger partial charge in [0.05, 0.1) is 29.9 Å². The molecule has 0 saturated carbocycles. The third-order valence-corrected chi connectivity index (χ3v) is 14.1. The number of rotatable bonds is 19. The molecular weight excluding hydrogens is 825 g/mol. The summed E-state index contributed by atoms with van der Waals surface area (Å²) in [4.78, 5) is 61.4. The minimum absolute atomic E-state index is 0. The Balaban J connectivity index is 0.00000793. The molecule has 5 atom stereocenters. The quantitative estimate of drug-likeness (QED) is 0.0444. The van der Waals surface area contributed by atoms with Crippen LogP contribution in [0.15, 0.2) is 84.4 Å². The molecule has 0 spiro atoms. The maximum absolute atomic E-state index is 14.3. The van der Waals surface area contributed by atoms with E-state index in [-0.39, 0.29) is 59.7 Å². The number of esters is 2. The van der Waals surface area contributed by atoms with Crippen molar-refractivity contribution in [1.82, 2.24) is 4.98 Å². The Kier molecular flexibility index (Phi) is 18.2. The summed E-state index contributed by atoms with van der Waals surface area (Å²) in [6.07, 6.45) is 20.8. The molecule has 1 aliphatic carbocycles. The van der Waals surface area contributed by atoms with Crippen LogP contribution in [0.25, 0.3) is 11.6 Å². The van der Waals surface area contributed by atoms with E-state index in [1.165, 1.54) is 57.6 Å². The van der Waals surface area contributed by atoms with Gasteiger partial charge in [0.15, 0.2) is 5.78 Å². The summed E-state index contributed by atoms with van der Waals surface area (Å²) in [7, 11) is 1.28. The molecule has 11 heteroatoms. The van der Waals surface area contributed by atoms with E-state index in [2.05, 4.69) is 41.5 Å². The van der Waals surface area contributed by atoms with Gasteiger partial charge < -0.3 is 19.6 Å². The molecule has 0 aromatic carbocycles. The van der Waals surface area contributed by atoms with Gasteiger partial charge in [0.2, 0.25) is 0 Å². The second-order valence-electron chi connectivity index (χ2n) is 19.3. The number of methoxy groups -OCH3 is 1. The van der Waals surface area contributed by atoms with Crippen LogP contribution in [-0.2, 0) is 19.1 Å². The van der Waals surface area contributed by atoms with E-state index in [1.807, 2.05) is 52.0 Å². The molecule has 1 aromatic heterocycles. The summed E-state index contributed by atoms with van der Waals surface area (Å²) < 4.78 is 11.0. The number of allylic oxidation sites excluding steroid dienone is 8. The van der Waals surface area contributed by atoms with Crippen LogP contribution in [0, 0.1) is 42.4 Å². The van der Waals surface area contributed by atoms with Crippen LogP contribution in [0.4, 0.5) is 0 Å². The summed E-state index contributed by atoms with van der Waals surface area (Å²) in [5.74, 6) is -0.961. The minimum Gasteiger partial charge on any atom is -0.877 e. The first-order chi connectivity index (χ1) is 30.6. The van der Waals surface area contributed by atoms with Crippen LogP contribution in [0.2, 0.25) is 0 Å². The average Bonchev–Trinajstić information content (AvgIpc) is 3.99. The number of aromatic nitrogens is 1. The fraction of sp³-hybridized carbons (Fsp3) is 0.556. The zero-order valence-electron chi connectivity index (χ0n) is 41.0.